The minimum Gasteiger partial charge on any atom is -0.375 e. The van der Waals surface area contributed by atoms with Gasteiger partial charge in [-0.15, -0.1) is 6.58 Å². The fourth-order valence-electron chi connectivity index (χ4n) is 1.98. The third-order valence-electron chi connectivity index (χ3n) is 3.01. The minimum atomic E-state index is -1.59. The van der Waals surface area contributed by atoms with Crippen LogP contribution in [0.5, 0.6) is 0 Å². The summed E-state index contributed by atoms with van der Waals surface area (Å²) in [5.74, 6) is 0. The van der Waals surface area contributed by atoms with Crippen molar-refractivity contribution < 1.29 is 18.3 Å². The van der Waals surface area contributed by atoms with E-state index in [0.29, 0.717) is 19.4 Å². The lowest BCUT2D eigenvalue weighted by atomic mass is 9.91. The van der Waals surface area contributed by atoms with E-state index in [0.717, 1.165) is 12.8 Å². The van der Waals surface area contributed by atoms with Crippen molar-refractivity contribution >= 4 is 0 Å². The van der Waals surface area contributed by atoms with Crippen LogP contribution in [0.1, 0.15) is 32.6 Å². The Labute approximate surface area is 102 Å². The van der Waals surface area contributed by atoms with E-state index in [-0.39, 0.29) is 6.61 Å². The molecule has 4 atom stereocenters. The van der Waals surface area contributed by atoms with Gasteiger partial charge in [-0.1, -0.05) is 19.4 Å². The molecule has 0 aromatic heterocycles. The first-order valence-corrected chi connectivity index (χ1v) is 6.33. The first kappa shape index (κ1) is 14.6. The molecule has 0 aliphatic heterocycles. The van der Waals surface area contributed by atoms with Gasteiger partial charge >= 0.3 is 0 Å². The van der Waals surface area contributed by atoms with Gasteiger partial charge in [-0.3, -0.25) is 0 Å². The summed E-state index contributed by atoms with van der Waals surface area (Å²) in [6, 6.07) is 0. The normalized spacial score (nSPS) is 33.6. The number of halogens is 2. The largest absolute Gasteiger partial charge is 0.375 e. The van der Waals surface area contributed by atoms with Crippen molar-refractivity contribution in [3.05, 3.63) is 12.7 Å². The highest BCUT2D eigenvalue weighted by Gasteiger charge is 2.41. The Kier molecular flexibility index (Phi) is 6.66. The first-order chi connectivity index (χ1) is 8.20. The number of hydrogen-bond acceptors (Lipinski definition) is 2. The molecule has 1 aliphatic rings. The van der Waals surface area contributed by atoms with Gasteiger partial charge in [0.05, 0.1) is 18.8 Å². The van der Waals surface area contributed by atoms with Crippen LogP contribution in [0.2, 0.25) is 0 Å². The zero-order valence-electron chi connectivity index (χ0n) is 10.4. The van der Waals surface area contributed by atoms with Gasteiger partial charge in [0.2, 0.25) is 0 Å². The molecule has 1 rings (SSSR count). The Morgan fingerprint density at radius 2 is 1.76 bits per heavy atom. The molecule has 100 valence electrons. The van der Waals surface area contributed by atoms with Crippen LogP contribution in [0.25, 0.3) is 0 Å². The molecule has 0 amide bonds. The van der Waals surface area contributed by atoms with Crippen molar-refractivity contribution in [2.45, 2.75) is 57.2 Å². The van der Waals surface area contributed by atoms with Crippen molar-refractivity contribution in [1.82, 2.24) is 0 Å². The summed E-state index contributed by atoms with van der Waals surface area (Å²) < 4.78 is 38.0. The van der Waals surface area contributed by atoms with Gasteiger partial charge in [-0.2, -0.15) is 0 Å². The molecular weight excluding hydrogens is 226 g/mol. The molecule has 0 saturated heterocycles. The summed E-state index contributed by atoms with van der Waals surface area (Å²) in [4.78, 5) is 0. The molecule has 0 N–H and O–H groups in total. The fourth-order valence-corrected chi connectivity index (χ4v) is 1.98. The van der Waals surface area contributed by atoms with E-state index in [9.17, 15) is 8.78 Å². The van der Waals surface area contributed by atoms with E-state index in [1.807, 2.05) is 6.92 Å². The average Bonchev–Trinajstić information content (AvgIpc) is 2.34. The lowest BCUT2D eigenvalue weighted by Crippen LogP contribution is -2.46. The summed E-state index contributed by atoms with van der Waals surface area (Å²) in [7, 11) is 0. The highest BCUT2D eigenvalue weighted by molar-refractivity contribution is 4.90. The Bertz CT molecular complexity index is 223. The standard InChI is InChI=1S/C13H22F2O2/c1-3-5-9-17-11-7-6-10(16-8-4-2)12(14)13(11)15/h4,10-13H,2-3,5-9H2,1H3/t10?,11?,12-,13?/m0/s1. The quantitative estimate of drug-likeness (QED) is 0.509. The third-order valence-corrected chi connectivity index (χ3v) is 3.01. The van der Waals surface area contributed by atoms with Crippen molar-refractivity contribution in [3.8, 4) is 0 Å². The van der Waals surface area contributed by atoms with Gasteiger partial charge in [0, 0.05) is 6.61 Å². The zero-order chi connectivity index (χ0) is 12.7. The highest BCUT2D eigenvalue weighted by Crippen LogP contribution is 2.29. The highest BCUT2D eigenvalue weighted by atomic mass is 19.2. The SMILES string of the molecule is C=CCOC1CCC(OCCCC)C(F)[C@H]1F. The predicted molar refractivity (Wildman–Crippen MR) is 63.6 cm³/mol. The van der Waals surface area contributed by atoms with E-state index in [4.69, 9.17) is 9.47 Å². The van der Waals surface area contributed by atoms with Crippen LogP contribution in [0.15, 0.2) is 12.7 Å². The van der Waals surface area contributed by atoms with Crippen molar-refractivity contribution in [1.29, 1.82) is 0 Å². The Morgan fingerprint density at radius 3 is 2.29 bits per heavy atom. The molecule has 17 heavy (non-hydrogen) atoms. The van der Waals surface area contributed by atoms with Crippen LogP contribution in [0, 0.1) is 0 Å². The summed E-state index contributed by atoms with van der Waals surface area (Å²) in [5.41, 5.74) is 0. The molecule has 0 heterocycles. The van der Waals surface area contributed by atoms with Gasteiger partial charge < -0.3 is 9.47 Å². The molecule has 0 radical (unpaired) electrons. The number of ether oxygens (including phenoxy) is 2. The van der Waals surface area contributed by atoms with E-state index >= 15 is 0 Å². The third kappa shape index (κ3) is 4.36. The Hall–Kier alpha value is -0.480. The predicted octanol–water partition coefficient (Wildman–Crippen LogP) is 3.21. The topological polar surface area (TPSA) is 18.5 Å². The molecule has 0 aromatic carbocycles. The Balaban J connectivity index is 2.36. The van der Waals surface area contributed by atoms with Gasteiger partial charge in [0.15, 0.2) is 12.3 Å². The molecule has 0 bridgehead atoms. The van der Waals surface area contributed by atoms with Crippen molar-refractivity contribution in [3.63, 3.8) is 0 Å². The van der Waals surface area contributed by atoms with Crippen LogP contribution in [-0.4, -0.2) is 37.8 Å². The smallest absolute Gasteiger partial charge is 0.160 e. The second-order valence-electron chi connectivity index (χ2n) is 4.39. The van der Waals surface area contributed by atoms with Crippen molar-refractivity contribution in [2.24, 2.45) is 0 Å². The van der Waals surface area contributed by atoms with E-state index in [1.54, 1.807) is 6.08 Å². The Morgan fingerprint density at radius 1 is 1.18 bits per heavy atom. The van der Waals surface area contributed by atoms with Gasteiger partial charge in [0.25, 0.3) is 0 Å². The second kappa shape index (κ2) is 7.77. The zero-order valence-corrected chi connectivity index (χ0v) is 10.4. The van der Waals surface area contributed by atoms with E-state index in [1.165, 1.54) is 0 Å². The number of rotatable bonds is 7. The second-order valence-corrected chi connectivity index (χ2v) is 4.39. The maximum atomic E-state index is 13.7. The van der Waals surface area contributed by atoms with Gasteiger partial charge in [-0.05, 0) is 19.3 Å². The molecule has 2 nitrogen and oxygen atoms in total. The molecule has 0 spiro atoms. The number of alkyl halides is 2. The van der Waals surface area contributed by atoms with Crippen LogP contribution < -0.4 is 0 Å². The molecular formula is C13H22F2O2. The maximum absolute atomic E-state index is 13.7. The fraction of sp³-hybridized carbons (Fsp3) is 0.846. The maximum Gasteiger partial charge on any atom is 0.160 e. The molecule has 4 heteroatoms. The summed E-state index contributed by atoms with van der Waals surface area (Å²) in [5, 5.41) is 0. The lowest BCUT2D eigenvalue weighted by Gasteiger charge is -2.34. The molecule has 1 aliphatic carbocycles. The average molecular weight is 248 g/mol. The molecule has 0 aromatic rings. The molecule has 1 saturated carbocycles. The monoisotopic (exact) mass is 248 g/mol. The number of unbranched alkanes of at least 4 members (excludes halogenated alkanes) is 1. The van der Waals surface area contributed by atoms with Crippen LogP contribution in [0.4, 0.5) is 8.78 Å². The molecule has 3 unspecified atom stereocenters. The van der Waals surface area contributed by atoms with Crippen molar-refractivity contribution in [2.75, 3.05) is 13.2 Å². The van der Waals surface area contributed by atoms with Gasteiger partial charge in [-0.25, -0.2) is 8.78 Å². The van der Waals surface area contributed by atoms with E-state index in [2.05, 4.69) is 6.58 Å². The van der Waals surface area contributed by atoms with E-state index < -0.39 is 24.6 Å². The summed E-state index contributed by atoms with van der Waals surface area (Å²) in [6.07, 6.45) is 0.0212. The van der Waals surface area contributed by atoms with Crippen LogP contribution in [0.3, 0.4) is 0 Å². The number of hydrogen-bond donors (Lipinski definition) is 0. The van der Waals surface area contributed by atoms with Crippen LogP contribution in [-0.2, 0) is 9.47 Å². The van der Waals surface area contributed by atoms with Crippen LogP contribution >= 0.6 is 0 Å². The molecule has 1 fully saturated rings. The van der Waals surface area contributed by atoms with Gasteiger partial charge in [0.1, 0.15) is 0 Å². The minimum absolute atomic E-state index is 0.263. The summed E-state index contributed by atoms with van der Waals surface area (Å²) in [6.45, 7) is 6.29. The first-order valence-electron chi connectivity index (χ1n) is 6.33. The summed E-state index contributed by atoms with van der Waals surface area (Å²) >= 11 is 0. The lowest BCUT2D eigenvalue weighted by molar-refractivity contribution is -0.113.